The van der Waals surface area contributed by atoms with Crippen LogP contribution in [-0.2, 0) is 12.3 Å². The summed E-state index contributed by atoms with van der Waals surface area (Å²) in [5.41, 5.74) is 7.45. The topological polar surface area (TPSA) is 82.5 Å². The van der Waals surface area contributed by atoms with Crippen LogP contribution in [0.3, 0.4) is 0 Å². The third-order valence-electron chi connectivity index (χ3n) is 2.89. The van der Waals surface area contributed by atoms with Gasteiger partial charge in [0.2, 0.25) is 0 Å². The summed E-state index contributed by atoms with van der Waals surface area (Å²) < 4.78 is 1.81. The van der Waals surface area contributed by atoms with Crippen molar-refractivity contribution in [1.29, 1.82) is 0 Å². The van der Waals surface area contributed by atoms with E-state index in [0.29, 0.717) is 18.0 Å². The van der Waals surface area contributed by atoms with E-state index in [1.54, 1.807) is 22.6 Å². The first-order valence-electron chi connectivity index (χ1n) is 6.44. The highest BCUT2D eigenvalue weighted by Gasteiger charge is 2.07. The van der Waals surface area contributed by atoms with Crippen molar-refractivity contribution in [2.24, 2.45) is 0 Å². The standard InChI is InChI=1S/C14H14N6S/c15-12-6-7-14(16-8-12)21-10-13-17-18-19-20(13)9-11-4-2-1-3-5-11/h1-8H,9-10,15H2. The van der Waals surface area contributed by atoms with Crippen molar-refractivity contribution in [2.45, 2.75) is 17.3 Å². The van der Waals surface area contributed by atoms with Gasteiger partial charge < -0.3 is 5.73 Å². The van der Waals surface area contributed by atoms with Crippen LogP contribution < -0.4 is 5.73 Å². The molecule has 21 heavy (non-hydrogen) atoms. The highest BCUT2D eigenvalue weighted by Crippen LogP contribution is 2.20. The zero-order valence-corrected chi connectivity index (χ0v) is 12.1. The molecule has 0 aliphatic carbocycles. The first kappa shape index (κ1) is 13.6. The highest BCUT2D eigenvalue weighted by atomic mass is 32.2. The Hall–Kier alpha value is -2.41. The van der Waals surface area contributed by atoms with E-state index in [2.05, 4.69) is 32.6 Å². The van der Waals surface area contributed by atoms with Gasteiger partial charge in [-0.1, -0.05) is 42.1 Å². The first-order valence-corrected chi connectivity index (χ1v) is 7.43. The van der Waals surface area contributed by atoms with Crippen LogP contribution in [0.25, 0.3) is 0 Å². The van der Waals surface area contributed by atoms with Crippen LogP contribution in [0.15, 0.2) is 53.7 Å². The van der Waals surface area contributed by atoms with E-state index in [0.717, 1.165) is 10.9 Å². The quantitative estimate of drug-likeness (QED) is 0.725. The summed E-state index contributed by atoms with van der Waals surface area (Å²) in [6, 6.07) is 13.8. The van der Waals surface area contributed by atoms with Crippen LogP contribution in [0.5, 0.6) is 0 Å². The maximum atomic E-state index is 5.62. The Kier molecular flexibility index (Phi) is 4.11. The molecule has 3 aromatic rings. The third kappa shape index (κ3) is 3.57. The first-order chi connectivity index (χ1) is 10.3. The average molecular weight is 298 g/mol. The molecule has 2 heterocycles. The summed E-state index contributed by atoms with van der Waals surface area (Å²) in [7, 11) is 0. The molecule has 3 rings (SSSR count). The average Bonchev–Trinajstić information content (AvgIpc) is 2.95. The van der Waals surface area contributed by atoms with Crippen LogP contribution in [0.1, 0.15) is 11.4 Å². The number of thioether (sulfide) groups is 1. The van der Waals surface area contributed by atoms with Crippen LogP contribution in [0.2, 0.25) is 0 Å². The molecule has 0 spiro atoms. The van der Waals surface area contributed by atoms with Gasteiger partial charge in [-0.3, -0.25) is 0 Å². The molecule has 0 bridgehead atoms. The van der Waals surface area contributed by atoms with Gasteiger partial charge in [0.1, 0.15) is 0 Å². The third-order valence-corrected chi connectivity index (χ3v) is 3.83. The number of pyridine rings is 1. The van der Waals surface area contributed by atoms with E-state index in [1.165, 1.54) is 5.56 Å². The minimum absolute atomic E-state index is 0.660. The number of hydrogen-bond acceptors (Lipinski definition) is 6. The second kappa shape index (κ2) is 6.36. The molecule has 0 saturated heterocycles. The molecule has 7 heteroatoms. The number of nitrogen functional groups attached to an aromatic ring is 1. The zero-order valence-electron chi connectivity index (χ0n) is 11.3. The molecule has 6 nitrogen and oxygen atoms in total. The lowest BCUT2D eigenvalue weighted by Crippen LogP contribution is -2.06. The van der Waals surface area contributed by atoms with Crippen molar-refractivity contribution in [2.75, 3.05) is 5.73 Å². The summed E-state index contributed by atoms with van der Waals surface area (Å²) in [5.74, 6) is 1.49. The SMILES string of the molecule is Nc1ccc(SCc2nnnn2Cc2ccccc2)nc1. The Morgan fingerprint density at radius 2 is 1.95 bits per heavy atom. The molecule has 0 atom stereocenters. The molecule has 0 radical (unpaired) electrons. The van der Waals surface area contributed by atoms with Gasteiger partial charge in [-0.15, -0.1) is 5.10 Å². The van der Waals surface area contributed by atoms with Crippen LogP contribution >= 0.6 is 11.8 Å². The number of tetrazole rings is 1. The van der Waals surface area contributed by atoms with Crippen LogP contribution in [0, 0.1) is 0 Å². The lowest BCUT2D eigenvalue weighted by atomic mass is 10.2. The maximum Gasteiger partial charge on any atom is 0.161 e. The number of hydrogen-bond donors (Lipinski definition) is 1. The molecular weight excluding hydrogens is 284 g/mol. The summed E-state index contributed by atoms with van der Waals surface area (Å²) in [5, 5.41) is 12.8. The minimum Gasteiger partial charge on any atom is -0.397 e. The van der Waals surface area contributed by atoms with Gasteiger partial charge in [0.05, 0.1) is 29.2 Å². The fourth-order valence-corrected chi connectivity index (χ4v) is 2.60. The molecule has 2 N–H and O–H groups in total. The summed E-state index contributed by atoms with van der Waals surface area (Å²) in [6.07, 6.45) is 1.65. The van der Waals surface area contributed by atoms with Gasteiger partial charge in [0.15, 0.2) is 5.82 Å². The summed E-state index contributed by atoms with van der Waals surface area (Å²) >= 11 is 1.58. The largest absolute Gasteiger partial charge is 0.397 e. The Morgan fingerprint density at radius 3 is 2.71 bits per heavy atom. The molecule has 2 aromatic heterocycles. The van der Waals surface area contributed by atoms with Gasteiger partial charge in [-0.2, -0.15) is 0 Å². The molecule has 0 aliphatic heterocycles. The number of nitrogens with zero attached hydrogens (tertiary/aromatic N) is 5. The van der Waals surface area contributed by atoms with Crippen molar-refractivity contribution in [3.8, 4) is 0 Å². The number of rotatable bonds is 5. The Labute approximate surface area is 126 Å². The van der Waals surface area contributed by atoms with Gasteiger partial charge >= 0.3 is 0 Å². The second-order valence-electron chi connectivity index (χ2n) is 4.46. The molecule has 0 fully saturated rings. The van der Waals surface area contributed by atoms with Crippen molar-refractivity contribution < 1.29 is 0 Å². The highest BCUT2D eigenvalue weighted by molar-refractivity contribution is 7.98. The van der Waals surface area contributed by atoms with E-state index in [4.69, 9.17) is 5.73 Å². The van der Waals surface area contributed by atoms with Gasteiger partial charge in [-0.25, -0.2) is 9.67 Å². The maximum absolute atomic E-state index is 5.62. The normalized spacial score (nSPS) is 10.7. The van der Waals surface area contributed by atoms with Gasteiger partial charge in [-0.05, 0) is 28.1 Å². The van der Waals surface area contributed by atoms with Crippen LogP contribution in [-0.4, -0.2) is 25.2 Å². The van der Waals surface area contributed by atoms with E-state index in [1.807, 2.05) is 30.3 Å². The molecule has 0 saturated carbocycles. The summed E-state index contributed by atoms with van der Waals surface area (Å²) in [4.78, 5) is 4.25. The van der Waals surface area contributed by atoms with E-state index in [-0.39, 0.29) is 0 Å². The second-order valence-corrected chi connectivity index (χ2v) is 5.45. The molecule has 0 unspecified atom stereocenters. The molecule has 106 valence electrons. The fourth-order valence-electron chi connectivity index (χ4n) is 1.82. The summed E-state index contributed by atoms with van der Waals surface area (Å²) in [6.45, 7) is 0.666. The van der Waals surface area contributed by atoms with E-state index < -0.39 is 0 Å². The predicted molar refractivity (Wildman–Crippen MR) is 81.6 cm³/mol. The Balaban J connectivity index is 1.66. The number of nitrogens with two attached hydrogens (primary N) is 1. The lowest BCUT2D eigenvalue weighted by molar-refractivity contribution is 0.631. The van der Waals surface area contributed by atoms with Crippen molar-refractivity contribution in [3.05, 3.63) is 60.0 Å². The fraction of sp³-hybridized carbons (Fsp3) is 0.143. The molecule has 1 aromatic carbocycles. The molecule has 0 aliphatic rings. The van der Waals surface area contributed by atoms with Gasteiger partial charge in [0, 0.05) is 0 Å². The van der Waals surface area contributed by atoms with Crippen molar-refractivity contribution in [1.82, 2.24) is 25.2 Å². The van der Waals surface area contributed by atoms with Gasteiger partial charge in [0.25, 0.3) is 0 Å². The molecular formula is C14H14N6S. The Morgan fingerprint density at radius 1 is 1.10 bits per heavy atom. The monoisotopic (exact) mass is 298 g/mol. The Bertz CT molecular complexity index is 695. The number of anilines is 1. The van der Waals surface area contributed by atoms with E-state index >= 15 is 0 Å². The zero-order chi connectivity index (χ0) is 14.5. The van der Waals surface area contributed by atoms with Crippen molar-refractivity contribution in [3.63, 3.8) is 0 Å². The molecule has 0 amide bonds. The smallest absolute Gasteiger partial charge is 0.161 e. The predicted octanol–water partition coefficient (Wildman–Crippen LogP) is 1.99. The van der Waals surface area contributed by atoms with E-state index in [9.17, 15) is 0 Å². The lowest BCUT2D eigenvalue weighted by Gasteiger charge is -2.04. The van der Waals surface area contributed by atoms with Crippen molar-refractivity contribution >= 4 is 17.4 Å². The number of aromatic nitrogens is 5. The number of benzene rings is 1. The van der Waals surface area contributed by atoms with Crippen LogP contribution in [0.4, 0.5) is 5.69 Å². The minimum atomic E-state index is 0.660.